The summed E-state index contributed by atoms with van der Waals surface area (Å²) < 4.78 is 46.7. The molecule has 1 saturated heterocycles. The molecule has 9 heteroatoms. The third-order valence-corrected chi connectivity index (χ3v) is 4.69. The minimum absolute atomic E-state index is 0.0712. The molecule has 152 valence electrons. The van der Waals surface area contributed by atoms with Crippen molar-refractivity contribution in [3.8, 4) is 11.6 Å². The fraction of sp³-hybridized carbons (Fsp3) is 0.667. The van der Waals surface area contributed by atoms with Gasteiger partial charge in [-0.05, 0) is 52.8 Å². The van der Waals surface area contributed by atoms with E-state index in [9.17, 15) is 18.0 Å². The molecule has 2 rings (SSSR count). The summed E-state index contributed by atoms with van der Waals surface area (Å²) in [5, 5.41) is 3.02. The first kappa shape index (κ1) is 21.3. The fourth-order valence-corrected chi connectivity index (χ4v) is 2.80. The van der Waals surface area contributed by atoms with Gasteiger partial charge in [-0.2, -0.15) is 0 Å². The van der Waals surface area contributed by atoms with Gasteiger partial charge in [0.1, 0.15) is 6.61 Å². The first-order valence-corrected chi connectivity index (χ1v) is 8.83. The van der Waals surface area contributed by atoms with E-state index in [1.165, 1.54) is 12.3 Å². The summed E-state index contributed by atoms with van der Waals surface area (Å²) in [6.45, 7) is 6.22. The smallest absolute Gasteiger partial charge is 0.474 e. The maximum absolute atomic E-state index is 12.6. The van der Waals surface area contributed by atoms with Crippen molar-refractivity contribution < 1.29 is 27.4 Å². The largest absolute Gasteiger partial charge is 0.573 e. The van der Waals surface area contributed by atoms with Gasteiger partial charge in [0, 0.05) is 24.8 Å². The summed E-state index contributed by atoms with van der Waals surface area (Å²) in [7, 11) is 2.05. The molecule has 2 heterocycles. The molecule has 1 N–H and O–H groups in total. The lowest BCUT2D eigenvalue weighted by Crippen LogP contribution is -2.51. The second-order valence-electron chi connectivity index (χ2n) is 7.55. The van der Waals surface area contributed by atoms with Crippen LogP contribution < -0.4 is 14.8 Å². The topological polar surface area (TPSA) is 63.7 Å². The Morgan fingerprint density at radius 3 is 2.74 bits per heavy atom. The Kier molecular flexibility index (Phi) is 6.56. The lowest BCUT2D eigenvalue weighted by Gasteiger charge is -2.36. The molecule has 0 radical (unpaired) electrons. The normalized spacial score (nSPS) is 21.6. The van der Waals surface area contributed by atoms with Crippen molar-refractivity contribution in [3.05, 3.63) is 18.3 Å². The van der Waals surface area contributed by atoms with Gasteiger partial charge in [-0.1, -0.05) is 0 Å². The van der Waals surface area contributed by atoms with Gasteiger partial charge < -0.3 is 19.7 Å². The zero-order chi connectivity index (χ0) is 20.2. The Morgan fingerprint density at radius 1 is 1.41 bits per heavy atom. The van der Waals surface area contributed by atoms with Crippen molar-refractivity contribution >= 4 is 5.91 Å². The molecule has 1 aliphatic heterocycles. The number of hydrogen-bond acceptors (Lipinski definition) is 5. The number of nitrogens with zero attached hydrogens (tertiary/aromatic N) is 2. The van der Waals surface area contributed by atoms with Crippen LogP contribution in [0.3, 0.4) is 0 Å². The fourth-order valence-electron chi connectivity index (χ4n) is 2.80. The number of alkyl halides is 3. The molecule has 0 unspecified atom stereocenters. The van der Waals surface area contributed by atoms with Crippen molar-refractivity contribution in [1.82, 2.24) is 15.2 Å². The number of halogens is 3. The van der Waals surface area contributed by atoms with E-state index in [1.54, 1.807) is 13.8 Å². The molecule has 0 aliphatic carbocycles. The highest BCUT2D eigenvalue weighted by atomic mass is 19.4. The highest BCUT2D eigenvalue weighted by molar-refractivity contribution is 5.82. The van der Waals surface area contributed by atoms with Crippen LogP contribution in [0, 0.1) is 5.41 Å². The van der Waals surface area contributed by atoms with Crippen molar-refractivity contribution in [2.75, 3.05) is 20.2 Å². The second-order valence-corrected chi connectivity index (χ2v) is 7.55. The van der Waals surface area contributed by atoms with Crippen molar-refractivity contribution in [3.63, 3.8) is 0 Å². The molecular weight excluding hydrogens is 363 g/mol. The average molecular weight is 389 g/mol. The number of amides is 1. The van der Waals surface area contributed by atoms with Crippen LogP contribution >= 0.6 is 0 Å². The number of ether oxygens (including phenoxy) is 2. The van der Waals surface area contributed by atoms with Gasteiger partial charge in [0.15, 0.2) is 5.75 Å². The number of aromatic nitrogens is 1. The monoisotopic (exact) mass is 389 g/mol. The molecule has 2 atom stereocenters. The Bertz CT molecular complexity index is 652. The maximum atomic E-state index is 12.6. The number of nitrogens with one attached hydrogen (secondary N) is 1. The number of pyridine rings is 1. The predicted octanol–water partition coefficient (Wildman–Crippen LogP) is 2.98. The van der Waals surface area contributed by atoms with Crippen LogP contribution in [-0.4, -0.2) is 54.4 Å². The number of likely N-dealkylation sites (tertiary alicyclic amines) is 1. The van der Waals surface area contributed by atoms with Crippen LogP contribution in [0.4, 0.5) is 13.2 Å². The molecule has 1 aromatic heterocycles. The van der Waals surface area contributed by atoms with Gasteiger partial charge in [0.2, 0.25) is 5.91 Å². The minimum Gasteiger partial charge on any atom is -0.474 e. The van der Waals surface area contributed by atoms with Gasteiger partial charge in [-0.3, -0.25) is 4.79 Å². The first-order chi connectivity index (χ1) is 12.5. The summed E-state index contributed by atoms with van der Waals surface area (Å²) in [5.74, 6) is -1.05. The van der Waals surface area contributed by atoms with Gasteiger partial charge in [-0.15, -0.1) is 13.2 Å². The Balaban J connectivity index is 1.95. The molecule has 6 nitrogen and oxygen atoms in total. The summed E-state index contributed by atoms with van der Waals surface area (Å²) in [5.41, 5.74) is -0.945. The minimum atomic E-state index is -4.85. The van der Waals surface area contributed by atoms with Crippen LogP contribution in [-0.2, 0) is 4.79 Å². The zero-order valence-electron chi connectivity index (χ0n) is 16.0. The van der Waals surface area contributed by atoms with Crippen LogP contribution in [0.1, 0.15) is 33.6 Å². The van der Waals surface area contributed by atoms with Gasteiger partial charge in [0.05, 0.1) is 5.41 Å². The number of piperidine rings is 1. The molecular formula is C18H26F3N3O3. The quantitative estimate of drug-likeness (QED) is 0.811. The van der Waals surface area contributed by atoms with E-state index in [-0.39, 0.29) is 24.4 Å². The highest BCUT2D eigenvalue weighted by Gasteiger charge is 2.35. The highest BCUT2D eigenvalue weighted by Crippen LogP contribution is 2.31. The Labute approximate surface area is 157 Å². The molecule has 0 bridgehead atoms. The van der Waals surface area contributed by atoms with E-state index < -0.39 is 17.5 Å². The van der Waals surface area contributed by atoms with E-state index in [0.29, 0.717) is 6.04 Å². The SMILES string of the molecule is C[C@H]1C[C@H](NC(=O)C(C)(C)COc2ncccc2OC(F)(F)F)CCN1C. The van der Waals surface area contributed by atoms with Crippen LogP contribution in [0.5, 0.6) is 11.6 Å². The zero-order valence-corrected chi connectivity index (χ0v) is 16.0. The van der Waals surface area contributed by atoms with Crippen LogP contribution in [0.15, 0.2) is 18.3 Å². The van der Waals surface area contributed by atoms with Gasteiger partial charge in [-0.25, -0.2) is 4.98 Å². The third kappa shape index (κ3) is 6.27. The second kappa shape index (κ2) is 8.33. The Morgan fingerprint density at radius 2 is 2.11 bits per heavy atom. The molecule has 0 saturated carbocycles. The Hall–Kier alpha value is -2.03. The number of rotatable bonds is 6. The maximum Gasteiger partial charge on any atom is 0.573 e. The van der Waals surface area contributed by atoms with Crippen LogP contribution in [0.2, 0.25) is 0 Å². The molecule has 1 aliphatic rings. The van der Waals surface area contributed by atoms with Gasteiger partial charge >= 0.3 is 6.36 Å². The molecule has 1 amide bonds. The number of carbonyl (C=O) groups excluding carboxylic acids is 1. The predicted molar refractivity (Wildman–Crippen MR) is 93.5 cm³/mol. The van der Waals surface area contributed by atoms with Crippen molar-refractivity contribution in [1.29, 1.82) is 0 Å². The third-order valence-electron chi connectivity index (χ3n) is 4.69. The summed E-state index contributed by atoms with van der Waals surface area (Å²) in [6, 6.07) is 2.87. The van der Waals surface area contributed by atoms with E-state index in [2.05, 4.69) is 26.9 Å². The lowest BCUT2D eigenvalue weighted by atomic mass is 9.91. The first-order valence-electron chi connectivity index (χ1n) is 8.83. The molecule has 0 spiro atoms. The van der Waals surface area contributed by atoms with Crippen molar-refractivity contribution in [2.45, 2.75) is 52.1 Å². The summed E-state index contributed by atoms with van der Waals surface area (Å²) in [6.07, 6.45) is -1.85. The molecule has 1 fully saturated rings. The number of carbonyl (C=O) groups is 1. The molecule has 0 aromatic carbocycles. The average Bonchev–Trinajstić information content (AvgIpc) is 2.56. The number of hydrogen-bond donors (Lipinski definition) is 1. The van der Waals surface area contributed by atoms with E-state index in [4.69, 9.17) is 4.74 Å². The van der Waals surface area contributed by atoms with E-state index >= 15 is 0 Å². The van der Waals surface area contributed by atoms with E-state index in [0.717, 1.165) is 25.5 Å². The van der Waals surface area contributed by atoms with Gasteiger partial charge in [0.25, 0.3) is 5.88 Å². The lowest BCUT2D eigenvalue weighted by molar-refractivity contribution is -0.275. The van der Waals surface area contributed by atoms with E-state index in [1.807, 2.05) is 7.05 Å². The van der Waals surface area contributed by atoms with Crippen LogP contribution in [0.25, 0.3) is 0 Å². The molecule has 27 heavy (non-hydrogen) atoms. The molecule has 1 aromatic rings. The summed E-state index contributed by atoms with van der Waals surface area (Å²) in [4.78, 5) is 18.6. The standard InChI is InChI=1S/C18H26F3N3O3/c1-12-10-13(7-9-24(12)4)23-16(25)17(2,3)11-26-15-14(6-5-8-22-15)27-18(19,20)21/h5-6,8,12-13H,7,9-11H2,1-4H3,(H,23,25)/t12-,13+/m0/s1. The van der Waals surface area contributed by atoms with Crippen molar-refractivity contribution in [2.24, 2.45) is 5.41 Å². The summed E-state index contributed by atoms with van der Waals surface area (Å²) >= 11 is 0.